The predicted octanol–water partition coefficient (Wildman–Crippen LogP) is 2.67. The number of hydrogen-bond donors (Lipinski definition) is 0. The molecule has 0 amide bonds. The SMILES string of the molecule is CCc1cc(Br)ccc1S(=O)(=O)F. The van der Waals surface area contributed by atoms with E-state index in [1.165, 1.54) is 12.1 Å². The van der Waals surface area contributed by atoms with Crippen LogP contribution in [0.2, 0.25) is 0 Å². The highest BCUT2D eigenvalue weighted by Gasteiger charge is 2.15. The minimum Gasteiger partial charge on any atom is -0.189 e. The lowest BCUT2D eigenvalue weighted by Crippen LogP contribution is -1.97. The molecule has 0 heterocycles. The van der Waals surface area contributed by atoms with Crippen LogP contribution >= 0.6 is 15.9 Å². The Bertz CT molecular complexity index is 414. The number of hydrogen-bond acceptors (Lipinski definition) is 2. The third kappa shape index (κ3) is 2.51. The van der Waals surface area contributed by atoms with E-state index in [1.54, 1.807) is 13.0 Å². The van der Waals surface area contributed by atoms with E-state index in [1.807, 2.05) is 0 Å². The molecule has 0 aliphatic rings. The lowest BCUT2D eigenvalue weighted by molar-refractivity contribution is 0.551. The maximum atomic E-state index is 12.7. The largest absolute Gasteiger partial charge is 0.332 e. The first-order valence-electron chi connectivity index (χ1n) is 3.68. The van der Waals surface area contributed by atoms with Crippen LogP contribution in [0.1, 0.15) is 12.5 Å². The molecule has 72 valence electrons. The number of aryl methyl sites for hydroxylation is 1. The lowest BCUT2D eigenvalue weighted by Gasteiger charge is -2.03. The van der Waals surface area contributed by atoms with Crippen molar-refractivity contribution in [2.24, 2.45) is 0 Å². The van der Waals surface area contributed by atoms with Gasteiger partial charge < -0.3 is 0 Å². The predicted molar refractivity (Wildman–Crippen MR) is 51.8 cm³/mol. The second kappa shape index (κ2) is 3.75. The molecule has 0 aliphatic heterocycles. The fraction of sp³-hybridized carbons (Fsp3) is 0.250. The van der Waals surface area contributed by atoms with Gasteiger partial charge in [-0.05, 0) is 30.2 Å². The van der Waals surface area contributed by atoms with Crippen molar-refractivity contribution in [2.75, 3.05) is 0 Å². The van der Waals surface area contributed by atoms with Crippen molar-refractivity contribution in [1.82, 2.24) is 0 Å². The summed E-state index contributed by atoms with van der Waals surface area (Å²) >= 11 is 3.19. The summed E-state index contributed by atoms with van der Waals surface area (Å²) in [6.45, 7) is 1.77. The Morgan fingerprint density at radius 3 is 2.54 bits per heavy atom. The molecule has 5 heteroatoms. The highest BCUT2D eigenvalue weighted by Crippen LogP contribution is 2.22. The van der Waals surface area contributed by atoms with Crippen LogP contribution in [0.4, 0.5) is 3.89 Å². The zero-order valence-electron chi connectivity index (χ0n) is 6.92. The molecule has 0 saturated heterocycles. The first-order chi connectivity index (χ1) is 5.95. The quantitative estimate of drug-likeness (QED) is 0.772. The van der Waals surface area contributed by atoms with Crippen molar-refractivity contribution < 1.29 is 12.3 Å². The molecule has 1 aromatic rings. The average molecular weight is 267 g/mol. The Kier molecular flexibility index (Phi) is 3.08. The molecule has 0 N–H and O–H groups in total. The summed E-state index contributed by atoms with van der Waals surface area (Å²) in [6.07, 6.45) is 0.484. The summed E-state index contributed by atoms with van der Waals surface area (Å²) < 4.78 is 34.7. The Morgan fingerprint density at radius 1 is 1.46 bits per heavy atom. The number of benzene rings is 1. The monoisotopic (exact) mass is 266 g/mol. The van der Waals surface area contributed by atoms with E-state index in [0.29, 0.717) is 12.0 Å². The van der Waals surface area contributed by atoms with Crippen LogP contribution in [0.15, 0.2) is 27.6 Å². The second-order valence-corrected chi connectivity index (χ2v) is 4.77. The van der Waals surface area contributed by atoms with Crippen molar-refractivity contribution in [3.63, 3.8) is 0 Å². The van der Waals surface area contributed by atoms with Gasteiger partial charge in [0.15, 0.2) is 0 Å². The molecule has 0 aromatic heterocycles. The molecule has 0 aliphatic carbocycles. The molecule has 0 spiro atoms. The topological polar surface area (TPSA) is 34.1 Å². The van der Waals surface area contributed by atoms with Gasteiger partial charge in [-0.3, -0.25) is 0 Å². The highest BCUT2D eigenvalue weighted by molar-refractivity contribution is 9.10. The molecular formula is C8H8BrFO2S. The molecule has 0 bridgehead atoms. The van der Waals surface area contributed by atoms with Gasteiger partial charge in [0.05, 0.1) is 0 Å². The van der Waals surface area contributed by atoms with Gasteiger partial charge in [-0.1, -0.05) is 22.9 Å². The van der Waals surface area contributed by atoms with E-state index in [-0.39, 0.29) is 4.90 Å². The van der Waals surface area contributed by atoms with Crippen molar-refractivity contribution in [2.45, 2.75) is 18.2 Å². The van der Waals surface area contributed by atoms with Crippen molar-refractivity contribution in [1.29, 1.82) is 0 Å². The van der Waals surface area contributed by atoms with E-state index in [0.717, 1.165) is 4.47 Å². The molecule has 0 radical (unpaired) electrons. The maximum absolute atomic E-state index is 12.7. The Hall–Kier alpha value is -0.420. The third-order valence-electron chi connectivity index (χ3n) is 1.67. The van der Waals surface area contributed by atoms with Crippen molar-refractivity contribution >= 4 is 26.2 Å². The van der Waals surface area contributed by atoms with E-state index in [2.05, 4.69) is 15.9 Å². The van der Waals surface area contributed by atoms with E-state index < -0.39 is 10.2 Å². The minimum absolute atomic E-state index is 0.238. The molecule has 0 atom stereocenters. The van der Waals surface area contributed by atoms with Crippen LogP contribution < -0.4 is 0 Å². The van der Waals surface area contributed by atoms with Gasteiger partial charge in [-0.25, -0.2) is 0 Å². The third-order valence-corrected chi connectivity index (χ3v) is 3.08. The first kappa shape index (κ1) is 10.7. The zero-order valence-corrected chi connectivity index (χ0v) is 9.32. The molecule has 0 unspecified atom stereocenters. The second-order valence-electron chi connectivity index (χ2n) is 2.54. The lowest BCUT2D eigenvalue weighted by atomic mass is 10.2. The van der Waals surface area contributed by atoms with Crippen molar-refractivity contribution in [3.8, 4) is 0 Å². The molecule has 0 fully saturated rings. The van der Waals surface area contributed by atoms with Gasteiger partial charge >= 0.3 is 10.2 Å². The molecule has 13 heavy (non-hydrogen) atoms. The molecule has 2 nitrogen and oxygen atoms in total. The van der Waals surface area contributed by atoms with Gasteiger partial charge in [-0.2, -0.15) is 8.42 Å². The van der Waals surface area contributed by atoms with Crippen LogP contribution in [0.5, 0.6) is 0 Å². The molecule has 1 rings (SSSR count). The van der Waals surface area contributed by atoms with Crippen molar-refractivity contribution in [3.05, 3.63) is 28.2 Å². The van der Waals surface area contributed by atoms with Crippen LogP contribution in [0.25, 0.3) is 0 Å². The Morgan fingerprint density at radius 2 is 2.08 bits per heavy atom. The molecule has 1 aromatic carbocycles. The summed E-state index contributed by atoms with van der Waals surface area (Å²) in [5.41, 5.74) is 0.483. The Labute approximate surface area is 85.1 Å². The van der Waals surface area contributed by atoms with Gasteiger partial charge in [-0.15, -0.1) is 3.89 Å². The van der Waals surface area contributed by atoms with Gasteiger partial charge in [0.1, 0.15) is 4.90 Å². The normalized spacial score (nSPS) is 11.6. The maximum Gasteiger partial charge on any atom is 0.332 e. The summed E-state index contributed by atoms with van der Waals surface area (Å²) in [6, 6.07) is 4.37. The van der Waals surface area contributed by atoms with Crippen LogP contribution in [-0.2, 0) is 16.6 Å². The van der Waals surface area contributed by atoms with Crippen LogP contribution in [0, 0.1) is 0 Å². The summed E-state index contributed by atoms with van der Waals surface area (Å²) in [5.74, 6) is 0. The fourth-order valence-electron chi connectivity index (χ4n) is 1.06. The van der Waals surface area contributed by atoms with Crippen LogP contribution in [0.3, 0.4) is 0 Å². The summed E-state index contributed by atoms with van der Waals surface area (Å²) in [4.78, 5) is -0.238. The molecular weight excluding hydrogens is 259 g/mol. The summed E-state index contributed by atoms with van der Waals surface area (Å²) in [7, 11) is -4.58. The van der Waals surface area contributed by atoms with Gasteiger partial charge in [0.2, 0.25) is 0 Å². The Balaban J connectivity index is 3.39. The van der Waals surface area contributed by atoms with E-state index in [4.69, 9.17) is 0 Å². The van der Waals surface area contributed by atoms with Gasteiger partial charge in [0, 0.05) is 4.47 Å². The zero-order chi connectivity index (χ0) is 10.1. The highest BCUT2D eigenvalue weighted by atomic mass is 79.9. The molecule has 0 saturated carbocycles. The minimum atomic E-state index is -4.58. The average Bonchev–Trinajstić information content (AvgIpc) is 2.01. The number of halogens is 2. The van der Waals surface area contributed by atoms with E-state index in [9.17, 15) is 12.3 Å². The summed E-state index contributed by atoms with van der Waals surface area (Å²) in [5, 5.41) is 0. The fourth-order valence-corrected chi connectivity index (χ4v) is 2.22. The van der Waals surface area contributed by atoms with Crippen LogP contribution in [-0.4, -0.2) is 8.42 Å². The first-order valence-corrected chi connectivity index (χ1v) is 5.86. The van der Waals surface area contributed by atoms with E-state index >= 15 is 0 Å². The standard InChI is InChI=1S/C8H8BrFO2S/c1-2-6-5-7(9)3-4-8(6)13(10,11)12/h3-5H,2H2,1H3. The number of rotatable bonds is 2. The van der Waals surface area contributed by atoms with Gasteiger partial charge in [0.25, 0.3) is 0 Å². The smallest absolute Gasteiger partial charge is 0.189 e.